The molecule has 30 heavy (non-hydrogen) atoms. The van der Waals surface area contributed by atoms with Gasteiger partial charge in [0.1, 0.15) is 12.1 Å². The van der Waals surface area contributed by atoms with Crippen LogP contribution in [0.25, 0.3) is 0 Å². The molecule has 1 fully saturated rings. The molecule has 1 N–H and O–H groups in total. The number of nitrogens with one attached hydrogen (secondary N) is 1. The van der Waals surface area contributed by atoms with Crippen molar-refractivity contribution in [2.75, 3.05) is 5.32 Å². The predicted octanol–water partition coefficient (Wildman–Crippen LogP) is 2.76. The summed E-state index contributed by atoms with van der Waals surface area (Å²) >= 11 is 0. The van der Waals surface area contributed by atoms with Crippen molar-refractivity contribution in [1.82, 2.24) is 9.78 Å². The number of nitrogens with zero attached hydrogens (tertiary/aromatic N) is 4. The topological polar surface area (TPSA) is 119 Å². The highest BCUT2D eigenvalue weighted by Crippen LogP contribution is 2.28. The first kappa shape index (κ1) is 19.9. The lowest BCUT2D eigenvalue weighted by Crippen LogP contribution is -2.34. The Bertz CT molecular complexity index is 1110. The minimum absolute atomic E-state index is 0.151. The fraction of sp³-hybridized carbons (Fsp3) is 0.429. The number of carbonyl (C=O) groups is 2. The van der Waals surface area contributed by atoms with Gasteiger partial charge < -0.3 is 9.73 Å². The average Bonchev–Trinajstić information content (AvgIpc) is 3.13. The Balaban J connectivity index is 1.72. The first-order valence-electron chi connectivity index (χ1n) is 9.93. The fourth-order valence-corrected chi connectivity index (χ4v) is 3.48. The first-order chi connectivity index (χ1) is 14.2. The second-order valence-corrected chi connectivity index (χ2v) is 8.53. The van der Waals surface area contributed by atoms with Gasteiger partial charge in [-0.15, -0.1) is 0 Å². The Hall–Kier alpha value is -3.36. The maximum absolute atomic E-state index is 12.7. The summed E-state index contributed by atoms with van der Waals surface area (Å²) in [6.07, 6.45) is 4.60. The molecular weight excluding hydrogens is 386 g/mol. The van der Waals surface area contributed by atoms with Crippen LogP contribution in [-0.2, 0) is 10.2 Å². The maximum atomic E-state index is 12.7. The smallest absolute Gasteiger partial charge is 0.335 e. The zero-order chi connectivity index (χ0) is 21.5. The summed E-state index contributed by atoms with van der Waals surface area (Å²) in [5, 5.41) is 7.34. The predicted molar refractivity (Wildman–Crippen MR) is 111 cm³/mol. The van der Waals surface area contributed by atoms with E-state index in [2.05, 4.69) is 20.4 Å². The molecule has 4 rings (SSSR count). The van der Waals surface area contributed by atoms with E-state index in [0.717, 1.165) is 37.7 Å². The van der Waals surface area contributed by atoms with Gasteiger partial charge in [-0.05, 0) is 25.3 Å². The zero-order valence-corrected chi connectivity index (χ0v) is 17.1. The van der Waals surface area contributed by atoms with Crippen molar-refractivity contribution >= 4 is 29.3 Å². The van der Waals surface area contributed by atoms with Gasteiger partial charge in [-0.1, -0.05) is 27.2 Å². The lowest BCUT2D eigenvalue weighted by Gasteiger charge is -2.24. The Morgan fingerprint density at radius 1 is 1.20 bits per heavy atom. The fourth-order valence-electron chi connectivity index (χ4n) is 3.48. The van der Waals surface area contributed by atoms with Crippen molar-refractivity contribution in [3.05, 3.63) is 46.1 Å². The van der Waals surface area contributed by atoms with Crippen LogP contribution in [0.5, 0.6) is 0 Å². The highest BCUT2D eigenvalue weighted by atomic mass is 16.4. The van der Waals surface area contributed by atoms with Gasteiger partial charge in [0.25, 0.3) is 17.8 Å². The van der Waals surface area contributed by atoms with Crippen LogP contribution in [0.1, 0.15) is 62.5 Å². The largest absolute Gasteiger partial charge is 0.430 e. The van der Waals surface area contributed by atoms with E-state index in [4.69, 9.17) is 4.42 Å². The van der Waals surface area contributed by atoms with E-state index in [1.165, 1.54) is 16.8 Å². The van der Waals surface area contributed by atoms with Gasteiger partial charge in [0, 0.05) is 23.3 Å². The number of rotatable bonds is 2. The summed E-state index contributed by atoms with van der Waals surface area (Å²) in [7, 11) is 0. The molecule has 2 aromatic heterocycles. The molecule has 2 amide bonds. The maximum Gasteiger partial charge on any atom is 0.335 e. The molecule has 1 saturated carbocycles. The second kappa shape index (κ2) is 7.47. The third-order valence-corrected chi connectivity index (χ3v) is 5.20. The number of fused-ring (bicyclic) bond motifs is 1. The molecule has 0 bridgehead atoms. The van der Waals surface area contributed by atoms with E-state index in [-0.39, 0.29) is 28.8 Å². The van der Waals surface area contributed by atoms with E-state index >= 15 is 0 Å². The minimum atomic E-state index is -0.542. The molecule has 0 saturated heterocycles. The van der Waals surface area contributed by atoms with E-state index in [1.807, 2.05) is 20.8 Å². The molecule has 1 atom stereocenters. The van der Waals surface area contributed by atoms with Gasteiger partial charge in [-0.25, -0.2) is 9.79 Å². The molecule has 156 valence electrons. The normalized spacial score (nSPS) is 19.0. The van der Waals surface area contributed by atoms with E-state index in [0.29, 0.717) is 11.5 Å². The Morgan fingerprint density at radius 2 is 2.00 bits per heavy atom. The van der Waals surface area contributed by atoms with Crippen LogP contribution in [0, 0.1) is 5.92 Å². The van der Waals surface area contributed by atoms with Crippen LogP contribution < -0.4 is 10.9 Å². The number of anilines is 1. The SMILES string of the molecule is CC(C)(C)c1cc(NC(=O)c2ccc(=O)oc2)n(C2=NC(=O)C3CCCCC3=N2)n1. The molecule has 9 heteroatoms. The summed E-state index contributed by atoms with van der Waals surface area (Å²) in [5.74, 6) is -0.457. The van der Waals surface area contributed by atoms with E-state index < -0.39 is 11.5 Å². The lowest BCUT2D eigenvalue weighted by molar-refractivity contribution is -0.120. The quantitative estimate of drug-likeness (QED) is 0.818. The van der Waals surface area contributed by atoms with Crippen molar-refractivity contribution in [2.24, 2.45) is 15.9 Å². The second-order valence-electron chi connectivity index (χ2n) is 8.53. The van der Waals surface area contributed by atoms with Crippen LogP contribution in [0.15, 0.2) is 43.7 Å². The average molecular weight is 409 g/mol. The van der Waals surface area contributed by atoms with Crippen molar-refractivity contribution in [3.63, 3.8) is 0 Å². The summed E-state index contributed by atoms with van der Waals surface area (Å²) in [4.78, 5) is 45.1. The highest BCUT2D eigenvalue weighted by Gasteiger charge is 2.32. The van der Waals surface area contributed by atoms with Gasteiger partial charge in [-0.3, -0.25) is 9.59 Å². The lowest BCUT2D eigenvalue weighted by atomic mass is 9.86. The molecular formula is C21H23N5O4. The van der Waals surface area contributed by atoms with Gasteiger partial charge in [0.05, 0.1) is 17.2 Å². The summed E-state index contributed by atoms with van der Waals surface area (Å²) in [6.45, 7) is 5.98. The number of hydrogen-bond acceptors (Lipinski definition) is 6. The van der Waals surface area contributed by atoms with Crippen LogP contribution in [0.3, 0.4) is 0 Å². The van der Waals surface area contributed by atoms with Crippen LogP contribution >= 0.6 is 0 Å². The molecule has 3 heterocycles. The Morgan fingerprint density at radius 3 is 2.70 bits per heavy atom. The highest BCUT2D eigenvalue weighted by molar-refractivity contribution is 6.16. The molecule has 1 unspecified atom stereocenters. The van der Waals surface area contributed by atoms with Gasteiger partial charge in [0.15, 0.2) is 0 Å². The molecule has 2 aromatic rings. The minimum Gasteiger partial charge on any atom is -0.430 e. The Labute approximate surface area is 172 Å². The Kier molecular flexibility index (Phi) is 4.97. The first-order valence-corrected chi connectivity index (χ1v) is 9.93. The molecule has 1 aliphatic heterocycles. The number of carbonyl (C=O) groups excluding carboxylic acids is 2. The van der Waals surface area contributed by atoms with Gasteiger partial charge in [-0.2, -0.15) is 14.8 Å². The van der Waals surface area contributed by atoms with Crippen molar-refractivity contribution in [3.8, 4) is 0 Å². The third-order valence-electron chi connectivity index (χ3n) is 5.20. The summed E-state index contributed by atoms with van der Waals surface area (Å²) in [5.41, 5.74) is 0.869. The molecule has 0 spiro atoms. The number of aliphatic imine (C=N–C) groups is 2. The van der Waals surface area contributed by atoms with E-state index in [9.17, 15) is 14.4 Å². The summed E-state index contributed by atoms with van der Waals surface area (Å²) < 4.78 is 6.16. The van der Waals surface area contributed by atoms with Gasteiger partial charge >= 0.3 is 5.63 Å². The third kappa shape index (κ3) is 3.87. The molecule has 9 nitrogen and oxygen atoms in total. The van der Waals surface area contributed by atoms with Crippen molar-refractivity contribution in [2.45, 2.75) is 51.9 Å². The van der Waals surface area contributed by atoms with Crippen molar-refractivity contribution < 1.29 is 14.0 Å². The molecule has 1 aliphatic carbocycles. The van der Waals surface area contributed by atoms with E-state index in [1.54, 1.807) is 6.07 Å². The summed E-state index contributed by atoms with van der Waals surface area (Å²) in [6, 6.07) is 4.28. The zero-order valence-electron chi connectivity index (χ0n) is 17.1. The number of amides is 2. The molecule has 0 aromatic carbocycles. The van der Waals surface area contributed by atoms with Crippen molar-refractivity contribution in [1.29, 1.82) is 0 Å². The van der Waals surface area contributed by atoms with Crippen LogP contribution in [-0.4, -0.2) is 33.3 Å². The van der Waals surface area contributed by atoms with Crippen LogP contribution in [0.4, 0.5) is 5.82 Å². The monoisotopic (exact) mass is 409 g/mol. The molecule has 0 radical (unpaired) electrons. The molecule has 2 aliphatic rings. The van der Waals surface area contributed by atoms with Crippen LogP contribution in [0.2, 0.25) is 0 Å². The standard InChI is InChI=1S/C21H23N5O4/c1-21(2,3)15-10-16(23-18(28)12-8-9-17(27)30-11-12)26(25-15)20-22-14-7-5-4-6-13(14)19(29)24-20/h8-11,13H,4-7H2,1-3H3,(H,23,28). The number of hydrogen-bond donors (Lipinski definition) is 1. The number of aromatic nitrogens is 2. The van der Waals surface area contributed by atoms with Gasteiger partial charge in [0.2, 0.25) is 0 Å².